The third-order valence-corrected chi connectivity index (χ3v) is 6.48. The summed E-state index contributed by atoms with van der Waals surface area (Å²) in [6, 6.07) is 11.9. The highest BCUT2D eigenvalue weighted by Gasteiger charge is 2.19. The van der Waals surface area contributed by atoms with Crippen LogP contribution < -0.4 is 25.1 Å². The van der Waals surface area contributed by atoms with Crippen molar-refractivity contribution in [1.29, 1.82) is 0 Å². The molecule has 8 heteroatoms. The maximum absolute atomic E-state index is 12.5. The molecule has 0 unspecified atom stereocenters. The zero-order valence-corrected chi connectivity index (χ0v) is 19.0. The highest BCUT2D eigenvalue weighted by atomic mass is 16.6. The summed E-state index contributed by atoms with van der Waals surface area (Å²) in [6.07, 6.45) is 3.86. The van der Waals surface area contributed by atoms with Crippen LogP contribution in [-0.4, -0.2) is 60.5 Å². The van der Waals surface area contributed by atoms with Crippen molar-refractivity contribution in [1.82, 2.24) is 19.8 Å². The molecule has 1 saturated heterocycles. The van der Waals surface area contributed by atoms with E-state index in [1.165, 1.54) is 5.56 Å². The smallest absolute Gasteiger partial charge is 0.251 e. The second kappa shape index (κ2) is 9.80. The van der Waals surface area contributed by atoms with Crippen molar-refractivity contribution in [2.45, 2.75) is 32.0 Å². The third kappa shape index (κ3) is 4.96. The molecule has 0 atom stereocenters. The van der Waals surface area contributed by atoms with Gasteiger partial charge in [-0.25, -0.2) is 0 Å². The maximum atomic E-state index is 12.5. The van der Waals surface area contributed by atoms with Gasteiger partial charge in [0, 0.05) is 37.8 Å². The van der Waals surface area contributed by atoms with Crippen LogP contribution in [0.2, 0.25) is 0 Å². The van der Waals surface area contributed by atoms with Crippen molar-refractivity contribution < 1.29 is 14.2 Å². The van der Waals surface area contributed by atoms with Crippen LogP contribution in [0.1, 0.15) is 18.4 Å². The molecule has 1 aromatic carbocycles. The molecule has 8 nitrogen and oxygen atoms in total. The molecule has 0 bridgehead atoms. The van der Waals surface area contributed by atoms with Gasteiger partial charge < -0.3 is 29.0 Å². The van der Waals surface area contributed by atoms with E-state index in [1.54, 1.807) is 30.0 Å². The lowest BCUT2D eigenvalue weighted by molar-refractivity contribution is 0.171. The van der Waals surface area contributed by atoms with Gasteiger partial charge in [0.25, 0.3) is 5.56 Å². The van der Waals surface area contributed by atoms with Crippen LogP contribution in [0.4, 0.5) is 0 Å². The fraction of sp³-hybridized carbons (Fsp3) is 0.440. The van der Waals surface area contributed by atoms with Crippen LogP contribution >= 0.6 is 0 Å². The number of nitrogens with one attached hydrogen (secondary N) is 1. The van der Waals surface area contributed by atoms with E-state index in [4.69, 9.17) is 14.2 Å². The van der Waals surface area contributed by atoms with Crippen molar-refractivity contribution in [2.75, 3.05) is 40.0 Å². The highest BCUT2D eigenvalue weighted by molar-refractivity contribution is 5.75. The first-order chi connectivity index (χ1) is 16.2. The summed E-state index contributed by atoms with van der Waals surface area (Å²) in [5, 5.41) is 3.68. The van der Waals surface area contributed by atoms with Gasteiger partial charge in [-0.05, 0) is 49.7 Å². The van der Waals surface area contributed by atoms with Crippen LogP contribution in [0.5, 0.6) is 17.2 Å². The molecule has 4 heterocycles. The Morgan fingerprint density at radius 1 is 1.06 bits per heavy atom. The fourth-order valence-corrected chi connectivity index (χ4v) is 4.55. The summed E-state index contributed by atoms with van der Waals surface area (Å²) in [6.45, 7) is 5.55. The van der Waals surface area contributed by atoms with E-state index in [1.807, 2.05) is 12.1 Å². The molecule has 33 heavy (non-hydrogen) atoms. The number of nitrogens with zero attached hydrogens (tertiary/aromatic N) is 3. The van der Waals surface area contributed by atoms with E-state index in [0.717, 1.165) is 61.6 Å². The van der Waals surface area contributed by atoms with Gasteiger partial charge in [0.15, 0.2) is 11.5 Å². The number of fused-ring (bicyclic) bond motifs is 2. The Hall–Kier alpha value is -3.10. The Labute approximate surface area is 193 Å². The molecular weight excluding hydrogens is 420 g/mol. The first-order valence-corrected chi connectivity index (χ1v) is 11.6. The number of piperidine rings is 1. The van der Waals surface area contributed by atoms with E-state index >= 15 is 0 Å². The number of benzene rings is 1. The molecule has 5 rings (SSSR count). The number of hydrogen-bond acceptors (Lipinski definition) is 7. The molecule has 2 aliphatic rings. The molecule has 0 saturated carbocycles. The zero-order chi connectivity index (χ0) is 22.6. The maximum Gasteiger partial charge on any atom is 0.251 e. The van der Waals surface area contributed by atoms with E-state index < -0.39 is 0 Å². The van der Waals surface area contributed by atoms with Gasteiger partial charge in [-0.2, -0.15) is 0 Å². The molecule has 2 aromatic heterocycles. The quantitative estimate of drug-likeness (QED) is 0.592. The van der Waals surface area contributed by atoms with E-state index in [2.05, 4.69) is 27.3 Å². The van der Waals surface area contributed by atoms with Gasteiger partial charge in [-0.1, -0.05) is 6.07 Å². The van der Waals surface area contributed by atoms with Gasteiger partial charge in [0.2, 0.25) is 0 Å². The third-order valence-electron chi connectivity index (χ3n) is 6.48. The predicted octanol–water partition coefficient (Wildman–Crippen LogP) is 2.43. The van der Waals surface area contributed by atoms with Crippen LogP contribution in [0.15, 0.2) is 47.4 Å². The second-order valence-corrected chi connectivity index (χ2v) is 8.58. The zero-order valence-electron chi connectivity index (χ0n) is 19.0. The summed E-state index contributed by atoms with van der Waals surface area (Å²) in [5.74, 6) is 2.33. The minimum atomic E-state index is -0.00599. The van der Waals surface area contributed by atoms with Gasteiger partial charge in [-0.15, -0.1) is 0 Å². The molecule has 0 radical (unpaired) electrons. The topological polar surface area (TPSA) is 77.9 Å². The van der Waals surface area contributed by atoms with E-state index in [9.17, 15) is 4.79 Å². The number of likely N-dealkylation sites (tertiary alicyclic amines) is 1. The molecule has 0 amide bonds. The summed E-state index contributed by atoms with van der Waals surface area (Å²) in [5.41, 5.74) is 2.82. The van der Waals surface area contributed by atoms with Gasteiger partial charge in [-0.3, -0.25) is 9.78 Å². The first-order valence-electron chi connectivity index (χ1n) is 11.6. The Kier molecular flexibility index (Phi) is 6.46. The normalized spacial score (nSPS) is 16.8. The Balaban J connectivity index is 1.13. The number of rotatable bonds is 7. The lowest BCUT2D eigenvalue weighted by Crippen LogP contribution is -2.43. The lowest BCUT2D eigenvalue weighted by atomic mass is 10.0. The molecule has 1 N–H and O–H groups in total. The fourth-order valence-electron chi connectivity index (χ4n) is 4.55. The molecule has 0 aliphatic carbocycles. The number of ether oxygens (including phenoxy) is 3. The summed E-state index contributed by atoms with van der Waals surface area (Å²) >= 11 is 0. The number of hydrogen-bond donors (Lipinski definition) is 1. The van der Waals surface area contributed by atoms with Crippen molar-refractivity contribution in [3.63, 3.8) is 0 Å². The van der Waals surface area contributed by atoms with Crippen molar-refractivity contribution in [3.8, 4) is 17.2 Å². The van der Waals surface area contributed by atoms with Crippen LogP contribution in [0, 0.1) is 0 Å². The average Bonchev–Trinajstić information content (AvgIpc) is 2.87. The number of pyridine rings is 2. The molecule has 0 spiro atoms. The van der Waals surface area contributed by atoms with Crippen LogP contribution in [-0.2, 0) is 13.1 Å². The van der Waals surface area contributed by atoms with Gasteiger partial charge in [0.1, 0.15) is 19.0 Å². The van der Waals surface area contributed by atoms with Crippen LogP contribution in [0.3, 0.4) is 0 Å². The van der Waals surface area contributed by atoms with Crippen molar-refractivity contribution in [3.05, 3.63) is 58.5 Å². The van der Waals surface area contributed by atoms with Crippen molar-refractivity contribution in [2.24, 2.45) is 0 Å². The monoisotopic (exact) mass is 450 g/mol. The Morgan fingerprint density at radius 2 is 1.88 bits per heavy atom. The molecule has 2 aliphatic heterocycles. The highest BCUT2D eigenvalue weighted by Crippen LogP contribution is 2.30. The first kappa shape index (κ1) is 21.7. The van der Waals surface area contributed by atoms with Crippen LogP contribution in [0.25, 0.3) is 11.0 Å². The predicted molar refractivity (Wildman–Crippen MR) is 126 cm³/mol. The van der Waals surface area contributed by atoms with Crippen molar-refractivity contribution >= 4 is 11.0 Å². The Bertz CT molecular complexity index is 1170. The molecule has 174 valence electrons. The average molecular weight is 451 g/mol. The number of aromatic nitrogens is 2. The standard InChI is InChI=1S/C25H30N4O4/c1-31-20-15-22-21(27-17-20)3-5-25(30)29(22)11-10-28-8-6-19(7-9-28)26-16-18-2-4-23-24(14-18)33-13-12-32-23/h2-5,14-15,17,19,26H,6-13,16H2,1H3. The molecule has 1 fully saturated rings. The molecular formula is C25H30N4O4. The summed E-state index contributed by atoms with van der Waals surface area (Å²) in [4.78, 5) is 19.4. The van der Waals surface area contributed by atoms with E-state index in [-0.39, 0.29) is 5.56 Å². The Morgan fingerprint density at radius 3 is 2.70 bits per heavy atom. The van der Waals surface area contributed by atoms with E-state index in [0.29, 0.717) is 31.5 Å². The van der Waals surface area contributed by atoms with Gasteiger partial charge >= 0.3 is 0 Å². The SMILES string of the molecule is COc1cnc2ccc(=O)n(CCN3CCC(NCc4ccc5c(c4)OCCO5)CC3)c2c1. The van der Waals surface area contributed by atoms with Gasteiger partial charge in [0.05, 0.1) is 24.3 Å². The largest absolute Gasteiger partial charge is 0.495 e. The number of methoxy groups -OCH3 is 1. The minimum Gasteiger partial charge on any atom is -0.495 e. The molecule has 3 aromatic rings. The second-order valence-electron chi connectivity index (χ2n) is 8.58. The summed E-state index contributed by atoms with van der Waals surface area (Å²) in [7, 11) is 1.61. The lowest BCUT2D eigenvalue weighted by Gasteiger charge is -2.32. The summed E-state index contributed by atoms with van der Waals surface area (Å²) < 4.78 is 18.4. The minimum absolute atomic E-state index is 0.00599.